The van der Waals surface area contributed by atoms with Gasteiger partial charge < -0.3 is 8.98 Å². The molecule has 11 rings (SSSR count). The molecule has 0 radical (unpaired) electrons. The third-order valence-corrected chi connectivity index (χ3v) is 9.98. The van der Waals surface area contributed by atoms with E-state index in [0.717, 1.165) is 71.6 Å². The maximum Gasteiger partial charge on any atom is 0.238 e. The second-order valence-corrected chi connectivity index (χ2v) is 12.8. The van der Waals surface area contributed by atoms with E-state index in [-0.39, 0.29) is 0 Å². The molecule has 7 aromatic carbocycles. The Morgan fingerprint density at radius 3 is 1.53 bits per heavy atom. The van der Waals surface area contributed by atoms with Gasteiger partial charge >= 0.3 is 0 Å². The fourth-order valence-electron chi connectivity index (χ4n) is 7.80. The number of aromatic nitrogens is 5. The van der Waals surface area contributed by atoms with E-state index >= 15 is 0 Å². The summed E-state index contributed by atoms with van der Waals surface area (Å²) in [5.41, 5.74) is 8.90. The van der Waals surface area contributed by atoms with Gasteiger partial charge in [-0.05, 0) is 36.4 Å². The van der Waals surface area contributed by atoms with E-state index in [1.807, 2.05) is 72.8 Å². The monoisotopic (exact) mass is 653 g/mol. The zero-order valence-electron chi connectivity index (χ0n) is 27.2. The quantitative estimate of drug-likeness (QED) is 0.190. The van der Waals surface area contributed by atoms with Crippen LogP contribution in [-0.4, -0.2) is 24.1 Å². The molecule has 4 heterocycles. The van der Waals surface area contributed by atoms with Crippen molar-refractivity contribution in [2.75, 3.05) is 0 Å². The fourth-order valence-corrected chi connectivity index (χ4v) is 7.80. The van der Waals surface area contributed by atoms with E-state index < -0.39 is 0 Å². The van der Waals surface area contributed by atoms with Crippen molar-refractivity contribution in [3.8, 4) is 34.4 Å². The van der Waals surface area contributed by atoms with Crippen LogP contribution in [0.2, 0.25) is 0 Å². The topological polar surface area (TPSA) is 61.7 Å². The molecule has 6 nitrogen and oxygen atoms in total. The first-order valence-corrected chi connectivity index (χ1v) is 17.0. The van der Waals surface area contributed by atoms with Gasteiger partial charge in [0, 0.05) is 43.4 Å². The van der Waals surface area contributed by atoms with Crippen LogP contribution in [0.4, 0.5) is 0 Å². The first-order valence-electron chi connectivity index (χ1n) is 17.0. The summed E-state index contributed by atoms with van der Waals surface area (Å²) in [4.78, 5) is 15.3. The molecule has 0 bridgehead atoms. The highest BCUT2D eigenvalue weighted by Crippen LogP contribution is 2.43. The van der Waals surface area contributed by atoms with Crippen molar-refractivity contribution in [1.82, 2.24) is 24.1 Å². The standard InChI is InChI=1S/C45H27N5O/c1-3-14-28(15-4-1)43-46-44(29-16-5-2-6-17-29)48-45(47-43)50-35-23-11-8-20-33(35)41-37(50)27-26-36-40(41)32-19-7-10-22-34(32)49(36)38-24-13-21-31-30-18-9-12-25-39(30)51-42(31)38/h1-27H. The molecule has 0 amide bonds. The average Bonchev–Trinajstić information content (AvgIpc) is 3.86. The maximum atomic E-state index is 6.57. The lowest BCUT2D eigenvalue weighted by molar-refractivity contribution is 0.666. The average molecular weight is 654 g/mol. The summed E-state index contributed by atoms with van der Waals surface area (Å²) in [5, 5.41) is 6.84. The lowest BCUT2D eigenvalue weighted by Crippen LogP contribution is -2.06. The molecule has 0 aliphatic heterocycles. The Morgan fingerprint density at radius 2 is 0.882 bits per heavy atom. The number of fused-ring (bicyclic) bond motifs is 10. The van der Waals surface area contributed by atoms with E-state index in [4.69, 9.17) is 19.4 Å². The Balaban J connectivity index is 1.25. The first-order chi connectivity index (χ1) is 25.3. The van der Waals surface area contributed by atoms with Gasteiger partial charge in [-0.25, -0.2) is 4.98 Å². The van der Waals surface area contributed by atoms with Gasteiger partial charge in [-0.3, -0.25) is 4.57 Å². The molecule has 238 valence electrons. The summed E-state index contributed by atoms with van der Waals surface area (Å²) in [6.07, 6.45) is 0. The minimum atomic E-state index is 0.573. The SMILES string of the molecule is c1ccc(-c2nc(-c3ccccc3)nc(-n3c4ccccc4c4c5c6ccccc6n(-c6cccc7c6oc6ccccc67)c5ccc43)n2)cc1. The molecule has 0 spiro atoms. The first kappa shape index (κ1) is 27.9. The van der Waals surface area contributed by atoms with Crippen LogP contribution in [0.25, 0.3) is 100.0 Å². The Morgan fingerprint density at radius 1 is 0.373 bits per heavy atom. The van der Waals surface area contributed by atoms with Crippen molar-refractivity contribution in [2.24, 2.45) is 0 Å². The van der Waals surface area contributed by atoms with E-state index in [0.29, 0.717) is 17.6 Å². The molecule has 0 saturated carbocycles. The molecule has 0 saturated heterocycles. The predicted octanol–water partition coefficient (Wildman–Crippen LogP) is 11.3. The van der Waals surface area contributed by atoms with Gasteiger partial charge in [0.15, 0.2) is 17.2 Å². The number of furan rings is 1. The predicted molar refractivity (Wildman–Crippen MR) is 207 cm³/mol. The highest BCUT2D eigenvalue weighted by Gasteiger charge is 2.23. The van der Waals surface area contributed by atoms with Crippen molar-refractivity contribution in [1.29, 1.82) is 0 Å². The molecule has 0 atom stereocenters. The Labute approximate surface area is 291 Å². The van der Waals surface area contributed by atoms with Crippen LogP contribution in [0, 0.1) is 0 Å². The Kier molecular flexibility index (Phi) is 5.86. The summed E-state index contributed by atoms with van der Waals surface area (Å²) < 4.78 is 11.1. The van der Waals surface area contributed by atoms with Crippen LogP contribution in [0.1, 0.15) is 0 Å². The van der Waals surface area contributed by atoms with Gasteiger partial charge in [0.2, 0.25) is 5.95 Å². The highest BCUT2D eigenvalue weighted by molar-refractivity contribution is 6.29. The summed E-state index contributed by atoms with van der Waals surface area (Å²) in [7, 11) is 0. The Hall–Kier alpha value is -7.05. The van der Waals surface area contributed by atoms with Crippen molar-refractivity contribution >= 4 is 65.6 Å². The number of nitrogens with zero attached hydrogens (tertiary/aromatic N) is 5. The minimum Gasteiger partial charge on any atom is -0.454 e. The molecule has 0 aliphatic carbocycles. The number of hydrogen-bond donors (Lipinski definition) is 0. The summed E-state index contributed by atoms with van der Waals surface area (Å²) in [5.74, 6) is 1.83. The zero-order valence-corrected chi connectivity index (χ0v) is 27.2. The minimum absolute atomic E-state index is 0.573. The number of benzene rings is 7. The largest absolute Gasteiger partial charge is 0.454 e. The number of hydrogen-bond acceptors (Lipinski definition) is 4. The van der Waals surface area contributed by atoms with Crippen molar-refractivity contribution in [3.05, 3.63) is 164 Å². The molecule has 0 N–H and O–H groups in total. The molecular formula is C45H27N5O. The smallest absolute Gasteiger partial charge is 0.238 e. The van der Waals surface area contributed by atoms with Crippen molar-refractivity contribution in [3.63, 3.8) is 0 Å². The van der Waals surface area contributed by atoms with Gasteiger partial charge in [-0.2, -0.15) is 9.97 Å². The van der Waals surface area contributed by atoms with Crippen LogP contribution in [0.3, 0.4) is 0 Å². The third-order valence-electron chi connectivity index (χ3n) is 9.98. The van der Waals surface area contributed by atoms with Crippen LogP contribution in [-0.2, 0) is 0 Å². The summed E-state index contributed by atoms with van der Waals surface area (Å²) in [6, 6.07) is 56.6. The fraction of sp³-hybridized carbons (Fsp3) is 0. The van der Waals surface area contributed by atoms with Crippen LogP contribution < -0.4 is 0 Å². The molecular weight excluding hydrogens is 627 g/mol. The zero-order chi connectivity index (χ0) is 33.5. The van der Waals surface area contributed by atoms with E-state index in [1.54, 1.807) is 0 Å². The summed E-state index contributed by atoms with van der Waals surface area (Å²) >= 11 is 0. The van der Waals surface area contributed by atoms with Gasteiger partial charge in [-0.1, -0.05) is 127 Å². The van der Waals surface area contributed by atoms with E-state index in [1.165, 1.54) is 10.8 Å². The normalized spacial score (nSPS) is 11.9. The molecule has 11 aromatic rings. The second kappa shape index (κ2) is 10.7. The lowest BCUT2D eigenvalue weighted by Gasteiger charge is -2.11. The van der Waals surface area contributed by atoms with Gasteiger partial charge in [0.25, 0.3) is 0 Å². The maximum absolute atomic E-state index is 6.57. The van der Waals surface area contributed by atoms with Gasteiger partial charge in [0.1, 0.15) is 5.58 Å². The molecule has 4 aromatic heterocycles. The van der Waals surface area contributed by atoms with Gasteiger partial charge in [-0.15, -0.1) is 0 Å². The lowest BCUT2D eigenvalue weighted by atomic mass is 10.1. The van der Waals surface area contributed by atoms with Crippen molar-refractivity contribution < 1.29 is 4.42 Å². The van der Waals surface area contributed by atoms with E-state index in [2.05, 4.69) is 100 Å². The second-order valence-electron chi connectivity index (χ2n) is 12.8. The Bertz CT molecular complexity index is 3080. The molecule has 6 heteroatoms. The molecule has 0 aliphatic rings. The number of para-hydroxylation sites is 4. The molecule has 0 fully saturated rings. The third kappa shape index (κ3) is 4.07. The molecule has 51 heavy (non-hydrogen) atoms. The van der Waals surface area contributed by atoms with Crippen molar-refractivity contribution in [2.45, 2.75) is 0 Å². The van der Waals surface area contributed by atoms with Gasteiger partial charge in [0.05, 0.1) is 27.8 Å². The molecule has 0 unspecified atom stereocenters. The number of rotatable bonds is 4. The van der Waals surface area contributed by atoms with Crippen LogP contribution in [0.5, 0.6) is 0 Å². The van der Waals surface area contributed by atoms with Crippen LogP contribution >= 0.6 is 0 Å². The summed E-state index contributed by atoms with van der Waals surface area (Å²) in [6.45, 7) is 0. The van der Waals surface area contributed by atoms with E-state index in [9.17, 15) is 0 Å². The highest BCUT2D eigenvalue weighted by atomic mass is 16.3. The van der Waals surface area contributed by atoms with Crippen LogP contribution in [0.15, 0.2) is 168 Å².